The topological polar surface area (TPSA) is 78.7 Å². The number of amides is 2. The lowest BCUT2D eigenvalue weighted by Gasteiger charge is -2.34. The Morgan fingerprint density at radius 3 is 2.52 bits per heavy atom. The summed E-state index contributed by atoms with van der Waals surface area (Å²) < 4.78 is 5.15. The average molecular weight is 342 g/mol. The molecule has 2 amide bonds. The molecule has 0 spiro atoms. The summed E-state index contributed by atoms with van der Waals surface area (Å²) in [5.41, 5.74) is 1.32. The molecule has 3 heterocycles. The van der Waals surface area contributed by atoms with Crippen molar-refractivity contribution in [1.29, 1.82) is 0 Å². The molecule has 0 aromatic carbocycles. The van der Waals surface area contributed by atoms with Crippen LogP contribution in [0.15, 0.2) is 41.1 Å². The number of anilines is 1. The molecule has 0 unspecified atom stereocenters. The molecule has 3 rings (SSSR count). The van der Waals surface area contributed by atoms with E-state index >= 15 is 0 Å². The number of hydrogen-bond donors (Lipinski definition) is 1. The van der Waals surface area contributed by atoms with Crippen molar-refractivity contribution in [3.8, 4) is 0 Å². The first-order valence-electron chi connectivity index (χ1n) is 8.51. The van der Waals surface area contributed by atoms with Crippen LogP contribution in [0.2, 0.25) is 0 Å². The van der Waals surface area contributed by atoms with Gasteiger partial charge in [0, 0.05) is 44.6 Å². The molecule has 7 heteroatoms. The van der Waals surface area contributed by atoms with Crippen LogP contribution in [-0.4, -0.2) is 59.3 Å². The Hall–Kier alpha value is -2.83. The maximum absolute atomic E-state index is 12.6. The fourth-order valence-corrected chi connectivity index (χ4v) is 2.76. The normalized spacial score (nSPS) is 14.4. The molecule has 0 saturated carbocycles. The van der Waals surface area contributed by atoms with E-state index in [-0.39, 0.29) is 11.8 Å². The van der Waals surface area contributed by atoms with Crippen LogP contribution < -0.4 is 5.32 Å². The Morgan fingerprint density at radius 1 is 1.16 bits per heavy atom. The molecule has 2 aromatic rings. The van der Waals surface area contributed by atoms with E-state index in [1.165, 1.54) is 6.26 Å². The second-order valence-electron chi connectivity index (χ2n) is 5.92. The molecule has 0 bridgehead atoms. The molecule has 0 atom stereocenters. The van der Waals surface area contributed by atoms with Crippen molar-refractivity contribution in [3.63, 3.8) is 0 Å². The van der Waals surface area contributed by atoms with E-state index in [1.807, 2.05) is 6.07 Å². The van der Waals surface area contributed by atoms with Gasteiger partial charge in [-0.15, -0.1) is 0 Å². The molecule has 132 valence electrons. The van der Waals surface area contributed by atoms with Crippen LogP contribution in [0.1, 0.15) is 34.4 Å². The van der Waals surface area contributed by atoms with Crippen molar-refractivity contribution in [2.75, 3.05) is 38.0 Å². The molecule has 1 aliphatic heterocycles. The summed E-state index contributed by atoms with van der Waals surface area (Å²) in [7, 11) is 0. The van der Waals surface area contributed by atoms with Gasteiger partial charge >= 0.3 is 0 Å². The van der Waals surface area contributed by atoms with E-state index < -0.39 is 0 Å². The third-order valence-corrected chi connectivity index (χ3v) is 4.14. The van der Waals surface area contributed by atoms with E-state index in [2.05, 4.69) is 17.2 Å². The molecule has 0 radical (unpaired) electrons. The number of nitrogens with zero attached hydrogens (tertiary/aromatic N) is 3. The van der Waals surface area contributed by atoms with Crippen LogP contribution in [0, 0.1) is 0 Å². The zero-order valence-electron chi connectivity index (χ0n) is 14.3. The van der Waals surface area contributed by atoms with Crippen LogP contribution in [-0.2, 0) is 0 Å². The molecule has 0 aliphatic carbocycles. The maximum Gasteiger partial charge on any atom is 0.289 e. The highest BCUT2D eigenvalue weighted by Crippen LogP contribution is 2.14. The van der Waals surface area contributed by atoms with Gasteiger partial charge in [-0.25, -0.2) is 0 Å². The first kappa shape index (κ1) is 17.0. The van der Waals surface area contributed by atoms with Gasteiger partial charge in [-0.05, 0) is 30.7 Å². The lowest BCUT2D eigenvalue weighted by molar-refractivity contribution is 0.0515. The zero-order chi connectivity index (χ0) is 17.6. The van der Waals surface area contributed by atoms with Crippen LogP contribution >= 0.6 is 0 Å². The summed E-state index contributed by atoms with van der Waals surface area (Å²) in [5.74, 6) is 0.0855. The van der Waals surface area contributed by atoms with Crippen molar-refractivity contribution >= 4 is 17.5 Å². The van der Waals surface area contributed by atoms with Gasteiger partial charge in [0.25, 0.3) is 11.8 Å². The molecular formula is C18H22N4O3. The summed E-state index contributed by atoms with van der Waals surface area (Å²) in [5, 5.41) is 3.26. The fourth-order valence-electron chi connectivity index (χ4n) is 2.76. The minimum absolute atomic E-state index is 0.106. The third-order valence-electron chi connectivity index (χ3n) is 4.14. The minimum atomic E-state index is -0.138. The second-order valence-corrected chi connectivity index (χ2v) is 5.92. The number of nitrogens with one attached hydrogen (secondary N) is 1. The van der Waals surface area contributed by atoms with Crippen LogP contribution in [0.3, 0.4) is 0 Å². The van der Waals surface area contributed by atoms with Gasteiger partial charge in [-0.1, -0.05) is 6.92 Å². The van der Waals surface area contributed by atoms with Gasteiger partial charge in [-0.2, -0.15) is 0 Å². The molecule has 1 fully saturated rings. The molecule has 1 saturated heterocycles. The smallest absolute Gasteiger partial charge is 0.289 e. The van der Waals surface area contributed by atoms with Crippen molar-refractivity contribution in [2.45, 2.75) is 13.3 Å². The Bertz CT molecular complexity index is 722. The highest BCUT2D eigenvalue weighted by molar-refractivity contribution is 5.94. The van der Waals surface area contributed by atoms with E-state index in [0.717, 1.165) is 18.7 Å². The molecule has 2 aromatic heterocycles. The zero-order valence-corrected chi connectivity index (χ0v) is 14.3. The molecule has 25 heavy (non-hydrogen) atoms. The number of pyridine rings is 1. The van der Waals surface area contributed by atoms with Gasteiger partial charge in [0.2, 0.25) is 0 Å². The Morgan fingerprint density at radius 2 is 1.88 bits per heavy atom. The lowest BCUT2D eigenvalue weighted by Crippen LogP contribution is -2.50. The van der Waals surface area contributed by atoms with Gasteiger partial charge in [0.05, 0.1) is 6.26 Å². The SMILES string of the molecule is CCCNc1ccnc(C(=O)N2CCN(C(=O)c3ccco3)CC2)c1. The molecular weight excluding hydrogens is 320 g/mol. The number of carbonyl (C=O) groups excluding carboxylic acids is 2. The van der Waals surface area contributed by atoms with Crippen molar-refractivity contribution < 1.29 is 14.0 Å². The molecule has 7 nitrogen and oxygen atoms in total. The number of hydrogen-bond acceptors (Lipinski definition) is 5. The highest BCUT2D eigenvalue weighted by atomic mass is 16.3. The number of carbonyl (C=O) groups is 2. The van der Waals surface area contributed by atoms with Crippen LogP contribution in [0.4, 0.5) is 5.69 Å². The lowest BCUT2D eigenvalue weighted by atomic mass is 10.2. The molecule has 1 N–H and O–H groups in total. The molecule has 1 aliphatic rings. The third kappa shape index (κ3) is 3.99. The quantitative estimate of drug-likeness (QED) is 0.900. The summed E-state index contributed by atoms with van der Waals surface area (Å²) >= 11 is 0. The largest absolute Gasteiger partial charge is 0.459 e. The van der Waals surface area contributed by atoms with E-state index in [1.54, 1.807) is 34.2 Å². The first-order valence-corrected chi connectivity index (χ1v) is 8.51. The summed E-state index contributed by atoms with van der Waals surface area (Å²) in [6.45, 7) is 4.88. The van der Waals surface area contributed by atoms with Gasteiger partial charge in [-0.3, -0.25) is 14.6 Å². The average Bonchev–Trinajstić information content (AvgIpc) is 3.20. The minimum Gasteiger partial charge on any atom is -0.459 e. The van der Waals surface area contributed by atoms with Crippen molar-refractivity contribution in [2.24, 2.45) is 0 Å². The Balaban J connectivity index is 1.59. The van der Waals surface area contributed by atoms with Crippen molar-refractivity contribution in [1.82, 2.24) is 14.8 Å². The van der Waals surface area contributed by atoms with Gasteiger partial charge in [0.1, 0.15) is 5.69 Å². The van der Waals surface area contributed by atoms with E-state index in [9.17, 15) is 9.59 Å². The highest BCUT2D eigenvalue weighted by Gasteiger charge is 2.27. The van der Waals surface area contributed by atoms with E-state index in [0.29, 0.717) is 37.6 Å². The summed E-state index contributed by atoms with van der Waals surface area (Å²) in [6.07, 6.45) is 4.14. The van der Waals surface area contributed by atoms with Crippen LogP contribution in [0.5, 0.6) is 0 Å². The Kier molecular flexibility index (Phi) is 5.33. The number of rotatable bonds is 5. The standard InChI is InChI=1S/C18H22N4O3/c1-2-6-19-14-5-7-20-15(13-14)17(23)21-8-10-22(11-9-21)18(24)16-4-3-12-25-16/h3-5,7,12-13H,2,6,8-11H2,1H3,(H,19,20). The van der Waals surface area contributed by atoms with Crippen molar-refractivity contribution in [3.05, 3.63) is 48.2 Å². The first-order chi connectivity index (χ1) is 12.2. The predicted octanol–water partition coefficient (Wildman–Crippen LogP) is 2.09. The monoisotopic (exact) mass is 342 g/mol. The summed E-state index contributed by atoms with van der Waals surface area (Å²) in [6, 6.07) is 6.97. The number of furan rings is 1. The van der Waals surface area contributed by atoms with Gasteiger partial charge < -0.3 is 19.5 Å². The maximum atomic E-state index is 12.6. The number of piperazine rings is 1. The Labute approximate surface area is 146 Å². The fraction of sp³-hybridized carbons (Fsp3) is 0.389. The van der Waals surface area contributed by atoms with E-state index in [4.69, 9.17) is 4.42 Å². The van der Waals surface area contributed by atoms with Gasteiger partial charge in [0.15, 0.2) is 5.76 Å². The van der Waals surface area contributed by atoms with Crippen LogP contribution in [0.25, 0.3) is 0 Å². The number of aromatic nitrogens is 1. The summed E-state index contributed by atoms with van der Waals surface area (Å²) in [4.78, 5) is 32.5. The predicted molar refractivity (Wildman–Crippen MR) is 93.5 cm³/mol. The second kappa shape index (κ2) is 7.83.